The van der Waals surface area contributed by atoms with Gasteiger partial charge in [0.25, 0.3) is 0 Å². The second-order valence-electron chi connectivity index (χ2n) is 2.51. The van der Waals surface area contributed by atoms with Crippen molar-refractivity contribution in [2.24, 2.45) is 0 Å². The third kappa shape index (κ3) is 1.36. The first-order chi connectivity index (χ1) is 6.54. The van der Waals surface area contributed by atoms with Gasteiger partial charge in [0.05, 0.1) is 0 Å². The van der Waals surface area contributed by atoms with Crippen LogP contribution in [-0.2, 0) is 0 Å². The monoisotopic (exact) mass is 208 g/mol. The standard InChI is InChI=1S/C8H8F4N2/c1-13-7-3(9)5(11)8(14-2)6(12)4(7)10/h13-14H,1-2H3. The Balaban J connectivity index is 3.55. The van der Waals surface area contributed by atoms with E-state index in [2.05, 4.69) is 0 Å². The zero-order chi connectivity index (χ0) is 10.9. The second-order valence-corrected chi connectivity index (χ2v) is 2.51. The van der Waals surface area contributed by atoms with Crippen LogP contribution in [0.25, 0.3) is 0 Å². The van der Waals surface area contributed by atoms with Crippen LogP contribution in [-0.4, -0.2) is 14.1 Å². The maximum atomic E-state index is 13.0. The van der Waals surface area contributed by atoms with Crippen LogP contribution in [0.3, 0.4) is 0 Å². The normalized spacial score (nSPS) is 10.1. The van der Waals surface area contributed by atoms with Gasteiger partial charge in [-0.2, -0.15) is 0 Å². The minimum Gasteiger partial charge on any atom is -0.383 e. The molecule has 0 unspecified atom stereocenters. The Morgan fingerprint density at radius 2 is 0.857 bits per heavy atom. The lowest BCUT2D eigenvalue weighted by Gasteiger charge is -2.10. The molecule has 1 aromatic carbocycles. The van der Waals surface area contributed by atoms with Gasteiger partial charge in [0.15, 0.2) is 23.3 Å². The van der Waals surface area contributed by atoms with Gasteiger partial charge in [0.1, 0.15) is 11.4 Å². The molecular weight excluding hydrogens is 200 g/mol. The van der Waals surface area contributed by atoms with Gasteiger partial charge in [-0.3, -0.25) is 0 Å². The van der Waals surface area contributed by atoms with Gasteiger partial charge in [-0.15, -0.1) is 0 Å². The van der Waals surface area contributed by atoms with Crippen molar-refractivity contribution >= 4 is 11.4 Å². The molecule has 0 radical (unpaired) electrons. The molecule has 0 saturated carbocycles. The maximum absolute atomic E-state index is 13.0. The molecule has 2 N–H and O–H groups in total. The van der Waals surface area contributed by atoms with Crippen molar-refractivity contribution in [2.45, 2.75) is 0 Å². The predicted molar refractivity (Wildman–Crippen MR) is 45.4 cm³/mol. The molecule has 0 aromatic heterocycles. The highest BCUT2D eigenvalue weighted by Crippen LogP contribution is 2.30. The van der Waals surface area contributed by atoms with Crippen LogP contribution >= 0.6 is 0 Å². The average molecular weight is 208 g/mol. The molecule has 1 rings (SSSR count). The molecule has 0 fully saturated rings. The Kier molecular flexibility index (Phi) is 2.83. The number of halogens is 4. The molecular formula is C8H8F4N2. The summed E-state index contributed by atoms with van der Waals surface area (Å²) in [6.07, 6.45) is 0. The summed E-state index contributed by atoms with van der Waals surface area (Å²) in [5, 5.41) is 4.08. The van der Waals surface area contributed by atoms with Gasteiger partial charge in [-0.05, 0) is 0 Å². The number of anilines is 2. The number of nitrogens with one attached hydrogen (secondary N) is 2. The molecule has 0 spiro atoms. The lowest BCUT2D eigenvalue weighted by atomic mass is 10.2. The molecule has 0 aliphatic heterocycles. The molecule has 6 heteroatoms. The average Bonchev–Trinajstić information content (AvgIpc) is 2.17. The lowest BCUT2D eigenvalue weighted by Crippen LogP contribution is -2.07. The molecule has 0 saturated heterocycles. The Bertz CT molecular complexity index is 301. The van der Waals surface area contributed by atoms with Crippen LogP contribution in [0.2, 0.25) is 0 Å². The molecule has 0 atom stereocenters. The van der Waals surface area contributed by atoms with Crippen LogP contribution in [0.1, 0.15) is 0 Å². The first-order valence-electron chi connectivity index (χ1n) is 3.76. The van der Waals surface area contributed by atoms with Crippen molar-refractivity contribution < 1.29 is 17.6 Å². The summed E-state index contributed by atoms with van der Waals surface area (Å²) in [6, 6.07) is 0. The van der Waals surface area contributed by atoms with E-state index in [1.807, 2.05) is 10.6 Å². The summed E-state index contributed by atoms with van der Waals surface area (Å²) in [5.41, 5.74) is -1.64. The van der Waals surface area contributed by atoms with E-state index in [0.717, 1.165) is 0 Å². The van der Waals surface area contributed by atoms with E-state index >= 15 is 0 Å². The van der Waals surface area contributed by atoms with Crippen molar-refractivity contribution in [1.82, 2.24) is 0 Å². The number of hydrogen-bond donors (Lipinski definition) is 2. The molecule has 0 aliphatic rings. The molecule has 2 nitrogen and oxygen atoms in total. The van der Waals surface area contributed by atoms with Crippen molar-refractivity contribution in [3.8, 4) is 0 Å². The van der Waals surface area contributed by atoms with E-state index in [0.29, 0.717) is 0 Å². The molecule has 0 amide bonds. The van der Waals surface area contributed by atoms with Gasteiger partial charge in [0.2, 0.25) is 0 Å². The summed E-state index contributed by atoms with van der Waals surface area (Å²) in [7, 11) is 2.33. The zero-order valence-electron chi connectivity index (χ0n) is 7.51. The van der Waals surface area contributed by atoms with Crippen LogP contribution < -0.4 is 10.6 Å². The van der Waals surface area contributed by atoms with Gasteiger partial charge in [-0.25, -0.2) is 17.6 Å². The Morgan fingerprint density at radius 3 is 1.00 bits per heavy atom. The lowest BCUT2D eigenvalue weighted by molar-refractivity contribution is 0.464. The Hall–Kier alpha value is -1.46. The fourth-order valence-electron chi connectivity index (χ4n) is 1.07. The summed E-state index contributed by atoms with van der Waals surface area (Å²) >= 11 is 0. The van der Waals surface area contributed by atoms with Crippen molar-refractivity contribution in [3.63, 3.8) is 0 Å². The highest BCUT2D eigenvalue weighted by Gasteiger charge is 2.23. The van der Waals surface area contributed by atoms with E-state index in [1.165, 1.54) is 14.1 Å². The first-order valence-corrected chi connectivity index (χ1v) is 3.76. The Labute approximate surface area is 77.9 Å². The van der Waals surface area contributed by atoms with Crippen molar-refractivity contribution in [1.29, 1.82) is 0 Å². The second kappa shape index (κ2) is 3.73. The molecule has 14 heavy (non-hydrogen) atoms. The third-order valence-electron chi connectivity index (χ3n) is 1.76. The van der Waals surface area contributed by atoms with Crippen molar-refractivity contribution in [2.75, 3.05) is 24.7 Å². The summed E-state index contributed by atoms with van der Waals surface area (Å²) in [5.74, 6) is -5.79. The van der Waals surface area contributed by atoms with E-state index in [9.17, 15) is 17.6 Å². The quantitative estimate of drug-likeness (QED) is 0.575. The van der Waals surface area contributed by atoms with E-state index in [1.54, 1.807) is 0 Å². The summed E-state index contributed by atoms with van der Waals surface area (Å²) < 4.78 is 52.0. The van der Waals surface area contributed by atoms with Crippen molar-refractivity contribution in [3.05, 3.63) is 23.3 Å². The first kappa shape index (κ1) is 10.6. The van der Waals surface area contributed by atoms with Gasteiger partial charge in [0, 0.05) is 14.1 Å². The van der Waals surface area contributed by atoms with Gasteiger partial charge >= 0.3 is 0 Å². The summed E-state index contributed by atoms with van der Waals surface area (Å²) in [6.45, 7) is 0. The topological polar surface area (TPSA) is 24.1 Å². The van der Waals surface area contributed by atoms with Gasteiger partial charge < -0.3 is 10.6 Å². The van der Waals surface area contributed by atoms with Gasteiger partial charge in [-0.1, -0.05) is 0 Å². The molecule has 0 heterocycles. The van der Waals surface area contributed by atoms with Crippen LogP contribution in [0, 0.1) is 23.3 Å². The van der Waals surface area contributed by atoms with Crippen LogP contribution in [0.5, 0.6) is 0 Å². The largest absolute Gasteiger partial charge is 0.383 e. The number of benzene rings is 1. The zero-order valence-corrected chi connectivity index (χ0v) is 7.51. The SMILES string of the molecule is CNc1c(F)c(F)c(NC)c(F)c1F. The smallest absolute Gasteiger partial charge is 0.187 e. The minimum absolute atomic E-state index is 0.820. The number of rotatable bonds is 2. The van der Waals surface area contributed by atoms with Crippen LogP contribution in [0.4, 0.5) is 28.9 Å². The highest BCUT2D eigenvalue weighted by atomic mass is 19.2. The fraction of sp³-hybridized carbons (Fsp3) is 0.250. The van der Waals surface area contributed by atoms with E-state index < -0.39 is 34.6 Å². The Morgan fingerprint density at radius 1 is 0.643 bits per heavy atom. The predicted octanol–water partition coefficient (Wildman–Crippen LogP) is 2.33. The molecule has 78 valence electrons. The van der Waals surface area contributed by atoms with E-state index in [-0.39, 0.29) is 0 Å². The maximum Gasteiger partial charge on any atom is 0.187 e. The third-order valence-corrected chi connectivity index (χ3v) is 1.76. The molecule has 0 aliphatic carbocycles. The van der Waals surface area contributed by atoms with Crippen LogP contribution in [0.15, 0.2) is 0 Å². The highest BCUT2D eigenvalue weighted by molar-refractivity contribution is 5.57. The fourth-order valence-corrected chi connectivity index (χ4v) is 1.07. The summed E-state index contributed by atoms with van der Waals surface area (Å²) in [4.78, 5) is 0. The molecule has 1 aromatic rings. The minimum atomic E-state index is -1.45. The number of hydrogen-bond acceptors (Lipinski definition) is 2. The molecule has 0 bridgehead atoms. The van der Waals surface area contributed by atoms with E-state index in [4.69, 9.17) is 0 Å².